The normalized spacial score (nSPS) is 11.1. The fraction of sp³-hybridized carbons (Fsp3) is 0.350. The first-order valence-electron chi connectivity index (χ1n) is 9.01. The molecular weight excluding hydrogens is 444 g/mol. The molecule has 0 fully saturated rings. The van der Waals surface area contributed by atoms with Crippen molar-refractivity contribution < 1.29 is 17.9 Å². The maximum atomic E-state index is 12.2. The van der Waals surface area contributed by atoms with Crippen molar-refractivity contribution in [1.29, 1.82) is 0 Å². The van der Waals surface area contributed by atoms with E-state index in [-0.39, 0.29) is 13.1 Å². The minimum Gasteiger partial charge on any atom is -0.492 e. The quantitative estimate of drug-likeness (QED) is 0.542. The Hall–Kier alpha value is -2.06. The average molecular weight is 469 g/mol. The van der Waals surface area contributed by atoms with Crippen LogP contribution in [0.25, 0.3) is 0 Å². The van der Waals surface area contributed by atoms with Crippen molar-refractivity contribution in [2.75, 3.05) is 30.3 Å². The van der Waals surface area contributed by atoms with Gasteiger partial charge in [-0.2, -0.15) is 0 Å². The number of aryl methyl sites for hydroxylation is 1. The summed E-state index contributed by atoms with van der Waals surface area (Å²) in [7, 11) is -3.59. The molecule has 6 nitrogen and oxygen atoms in total. The SMILES string of the molecule is CCCc1ccc(OCCNC(=O)CN(c2cccc(Br)c2)S(C)(=O)=O)cc1. The Labute approximate surface area is 175 Å². The molecule has 1 amide bonds. The summed E-state index contributed by atoms with van der Waals surface area (Å²) in [5.74, 6) is 0.341. The molecule has 0 heterocycles. The van der Waals surface area contributed by atoms with Gasteiger partial charge in [0.1, 0.15) is 18.9 Å². The maximum Gasteiger partial charge on any atom is 0.240 e. The van der Waals surface area contributed by atoms with Gasteiger partial charge in [0.2, 0.25) is 15.9 Å². The van der Waals surface area contributed by atoms with Gasteiger partial charge in [0.05, 0.1) is 18.5 Å². The molecule has 8 heteroatoms. The second kappa shape index (κ2) is 10.5. The van der Waals surface area contributed by atoms with Crippen molar-refractivity contribution in [3.63, 3.8) is 0 Å². The Morgan fingerprint density at radius 3 is 2.50 bits per heavy atom. The third kappa shape index (κ3) is 7.16. The molecule has 0 bridgehead atoms. The van der Waals surface area contributed by atoms with E-state index in [9.17, 15) is 13.2 Å². The van der Waals surface area contributed by atoms with Crippen molar-refractivity contribution in [2.24, 2.45) is 0 Å². The van der Waals surface area contributed by atoms with Crippen LogP contribution in [-0.2, 0) is 21.2 Å². The van der Waals surface area contributed by atoms with Crippen LogP contribution in [0.4, 0.5) is 5.69 Å². The predicted octanol–water partition coefficient (Wildman–Crippen LogP) is 3.36. The molecule has 0 spiro atoms. The number of hydrogen-bond acceptors (Lipinski definition) is 4. The zero-order chi connectivity index (χ0) is 20.6. The van der Waals surface area contributed by atoms with Gasteiger partial charge in [0.25, 0.3) is 0 Å². The number of benzene rings is 2. The molecule has 0 unspecified atom stereocenters. The molecule has 2 aromatic rings. The third-order valence-electron chi connectivity index (χ3n) is 3.94. The molecule has 0 saturated carbocycles. The minimum atomic E-state index is -3.59. The molecule has 0 saturated heterocycles. The summed E-state index contributed by atoms with van der Waals surface area (Å²) >= 11 is 3.31. The van der Waals surface area contributed by atoms with Crippen LogP contribution in [0, 0.1) is 0 Å². The van der Waals surface area contributed by atoms with E-state index in [1.807, 2.05) is 24.3 Å². The monoisotopic (exact) mass is 468 g/mol. The van der Waals surface area contributed by atoms with E-state index in [1.54, 1.807) is 24.3 Å². The van der Waals surface area contributed by atoms with Crippen LogP contribution in [-0.4, -0.2) is 40.3 Å². The van der Waals surface area contributed by atoms with Gasteiger partial charge < -0.3 is 10.1 Å². The lowest BCUT2D eigenvalue weighted by Gasteiger charge is -2.22. The zero-order valence-electron chi connectivity index (χ0n) is 16.0. The first kappa shape index (κ1) is 22.2. The molecule has 0 aromatic heterocycles. The molecule has 1 N–H and O–H groups in total. The number of rotatable bonds is 10. The van der Waals surface area contributed by atoms with Gasteiger partial charge in [-0.05, 0) is 42.3 Å². The smallest absolute Gasteiger partial charge is 0.240 e. The molecule has 2 aromatic carbocycles. The van der Waals surface area contributed by atoms with Gasteiger partial charge in [0.15, 0.2) is 0 Å². The Balaban J connectivity index is 1.84. The second-order valence-electron chi connectivity index (χ2n) is 6.34. The van der Waals surface area contributed by atoms with Gasteiger partial charge in [-0.3, -0.25) is 9.10 Å². The highest BCUT2D eigenvalue weighted by atomic mass is 79.9. The molecule has 0 aliphatic rings. The van der Waals surface area contributed by atoms with Crippen LogP contribution in [0.3, 0.4) is 0 Å². The van der Waals surface area contributed by atoms with E-state index in [1.165, 1.54) is 5.56 Å². The lowest BCUT2D eigenvalue weighted by Crippen LogP contribution is -2.41. The Morgan fingerprint density at radius 1 is 1.18 bits per heavy atom. The maximum absolute atomic E-state index is 12.2. The summed E-state index contributed by atoms with van der Waals surface area (Å²) in [5, 5.41) is 2.69. The van der Waals surface area contributed by atoms with E-state index in [4.69, 9.17) is 4.74 Å². The van der Waals surface area contributed by atoms with Gasteiger partial charge in [-0.15, -0.1) is 0 Å². The predicted molar refractivity (Wildman–Crippen MR) is 115 cm³/mol. The fourth-order valence-corrected chi connectivity index (χ4v) is 3.85. The topological polar surface area (TPSA) is 75.7 Å². The minimum absolute atomic E-state index is 0.283. The largest absolute Gasteiger partial charge is 0.492 e. The number of hydrogen-bond donors (Lipinski definition) is 1. The van der Waals surface area contributed by atoms with Crippen LogP contribution >= 0.6 is 15.9 Å². The molecule has 0 aliphatic carbocycles. The average Bonchev–Trinajstić information content (AvgIpc) is 2.64. The number of halogens is 1. The number of anilines is 1. The molecule has 2 rings (SSSR count). The van der Waals surface area contributed by atoms with Crippen LogP contribution in [0.2, 0.25) is 0 Å². The summed E-state index contributed by atoms with van der Waals surface area (Å²) in [6.07, 6.45) is 3.20. The summed E-state index contributed by atoms with van der Waals surface area (Å²) in [6.45, 7) is 2.43. The van der Waals surface area contributed by atoms with Crippen LogP contribution in [0.15, 0.2) is 53.0 Å². The summed E-state index contributed by atoms with van der Waals surface area (Å²) in [4.78, 5) is 12.2. The number of nitrogens with zero attached hydrogens (tertiary/aromatic N) is 1. The van der Waals surface area contributed by atoms with Crippen molar-refractivity contribution in [3.05, 3.63) is 58.6 Å². The Morgan fingerprint density at radius 2 is 1.89 bits per heavy atom. The summed E-state index contributed by atoms with van der Waals surface area (Å²) in [6, 6.07) is 14.7. The number of sulfonamides is 1. The van der Waals surface area contributed by atoms with Crippen LogP contribution in [0.5, 0.6) is 5.75 Å². The number of ether oxygens (including phenoxy) is 1. The van der Waals surface area contributed by atoms with E-state index in [0.717, 1.165) is 33.6 Å². The van der Waals surface area contributed by atoms with E-state index < -0.39 is 15.9 Å². The number of amides is 1. The lowest BCUT2D eigenvalue weighted by molar-refractivity contribution is -0.119. The number of nitrogens with one attached hydrogen (secondary N) is 1. The third-order valence-corrected chi connectivity index (χ3v) is 5.57. The molecule has 0 atom stereocenters. The standard InChI is InChI=1S/C20H25BrN2O4S/c1-3-5-16-8-10-19(11-9-16)27-13-12-22-20(24)15-23(28(2,25)26)18-7-4-6-17(21)14-18/h4,6-11,14H,3,5,12-13,15H2,1-2H3,(H,22,24). The summed E-state index contributed by atoms with van der Waals surface area (Å²) in [5.41, 5.74) is 1.69. The molecule has 152 valence electrons. The number of carbonyl (C=O) groups excluding carboxylic acids is 1. The highest BCUT2D eigenvalue weighted by Gasteiger charge is 2.20. The molecular formula is C20H25BrN2O4S. The van der Waals surface area contributed by atoms with Gasteiger partial charge in [-0.1, -0.05) is 47.5 Å². The van der Waals surface area contributed by atoms with Crippen molar-refractivity contribution in [1.82, 2.24) is 5.32 Å². The fourth-order valence-electron chi connectivity index (χ4n) is 2.62. The second-order valence-corrected chi connectivity index (χ2v) is 9.16. The molecule has 0 radical (unpaired) electrons. The van der Waals surface area contributed by atoms with Gasteiger partial charge in [-0.25, -0.2) is 8.42 Å². The van der Waals surface area contributed by atoms with E-state index in [2.05, 4.69) is 28.2 Å². The zero-order valence-corrected chi connectivity index (χ0v) is 18.4. The van der Waals surface area contributed by atoms with Crippen molar-refractivity contribution >= 4 is 37.5 Å². The first-order valence-corrected chi connectivity index (χ1v) is 11.7. The van der Waals surface area contributed by atoms with Crippen LogP contribution < -0.4 is 14.4 Å². The highest BCUT2D eigenvalue weighted by molar-refractivity contribution is 9.10. The first-order chi connectivity index (χ1) is 13.3. The molecule has 0 aliphatic heterocycles. The van der Waals surface area contributed by atoms with Crippen molar-refractivity contribution in [2.45, 2.75) is 19.8 Å². The van der Waals surface area contributed by atoms with E-state index in [0.29, 0.717) is 12.3 Å². The number of carbonyl (C=O) groups is 1. The van der Waals surface area contributed by atoms with Crippen LogP contribution in [0.1, 0.15) is 18.9 Å². The van der Waals surface area contributed by atoms with Crippen molar-refractivity contribution in [3.8, 4) is 5.75 Å². The Bertz CT molecular complexity index is 885. The lowest BCUT2D eigenvalue weighted by atomic mass is 10.1. The van der Waals surface area contributed by atoms with Gasteiger partial charge in [0, 0.05) is 4.47 Å². The summed E-state index contributed by atoms with van der Waals surface area (Å²) < 4.78 is 31.6. The van der Waals surface area contributed by atoms with Gasteiger partial charge >= 0.3 is 0 Å². The Kier molecular flexibility index (Phi) is 8.32. The van der Waals surface area contributed by atoms with E-state index >= 15 is 0 Å². The highest BCUT2D eigenvalue weighted by Crippen LogP contribution is 2.21. The molecule has 28 heavy (non-hydrogen) atoms.